The van der Waals surface area contributed by atoms with Crippen molar-refractivity contribution in [2.24, 2.45) is 0 Å². The van der Waals surface area contributed by atoms with Crippen LogP contribution in [0.15, 0.2) is 70.5 Å². The third-order valence-corrected chi connectivity index (χ3v) is 8.38. The summed E-state index contributed by atoms with van der Waals surface area (Å²) < 4.78 is 49.1. The molecule has 1 saturated heterocycles. The fraction of sp³-hybridized carbons (Fsp3) is 0.406. The number of morpholine rings is 1. The Morgan fingerprint density at radius 3 is 2.43 bits per heavy atom. The third kappa shape index (κ3) is 11.2. The lowest BCUT2D eigenvalue weighted by atomic mass is 10.0. The topological polar surface area (TPSA) is 123 Å². The zero-order chi connectivity index (χ0) is 33.6. The highest BCUT2D eigenvalue weighted by Crippen LogP contribution is 2.33. The standard InChI is InChI=1S/C15H21N5O6.C14H12S.C3H5F3/c21-11-1-3-20-12(14(22)17-9-18-20)13(11)25-10-26-15(23)16-2-4-19-5-7-24-8-6-19;1-2-7-13-10-15-14-8-4-3-6-12(14)9-11(13)5-1;1-2-3(4,5)6/h1,3,18H,2,4-10H2,(H,16,23)(H,17,22);1-8H,9-10H2;2H2,1H3. The number of fused-ring (bicyclic) bond motifs is 3. The molecule has 1 aromatic heterocycles. The number of pyridine rings is 1. The van der Waals surface area contributed by atoms with Crippen LogP contribution >= 0.6 is 11.8 Å². The lowest BCUT2D eigenvalue weighted by Crippen LogP contribution is -2.43. The highest BCUT2D eigenvalue weighted by Gasteiger charge is 2.24. The van der Waals surface area contributed by atoms with E-state index in [2.05, 4.69) is 69.5 Å². The summed E-state index contributed by atoms with van der Waals surface area (Å²) in [6.45, 7) is 5.00. The van der Waals surface area contributed by atoms with Gasteiger partial charge in [0.05, 0.1) is 13.2 Å². The fourth-order valence-corrected chi connectivity index (χ4v) is 5.74. The minimum atomic E-state index is -3.96. The molecule has 0 bridgehead atoms. The van der Waals surface area contributed by atoms with Crippen molar-refractivity contribution in [1.29, 1.82) is 0 Å². The van der Waals surface area contributed by atoms with Crippen molar-refractivity contribution in [3.05, 3.63) is 93.4 Å². The van der Waals surface area contributed by atoms with Gasteiger partial charge in [-0.2, -0.15) is 13.2 Å². The molecule has 2 aromatic carbocycles. The second kappa shape index (κ2) is 17.6. The molecule has 15 heteroatoms. The number of amides is 2. The molecule has 1 fully saturated rings. The van der Waals surface area contributed by atoms with Gasteiger partial charge in [0.2, 0.25) is 18.0 Å². The lowest BCUT2D eigenvalue weighted by Gasteiger charge is -2.26. The number of rotatable bonds is 6. The van der Waals surface area contributed by atoms with Crippen LogP contribution in [-0.4, -0.2) is 80.6 Å². The van der Waals surface area contributed by atoms with Gasteiger partial charge >= 0.3 is 12.3 Å². The molecule has 0 radical (unpaired) electrons. The van der Waals surface area contributed by atoms with Gasteiger partial charge in [-0.1, -0.05) is 49.4 Å². The summed E-state index contributed by atoms with van der Waals surface area (Å²) in [5.41, 5.74) is 6.83. The predicted molar refractivity (Wildman–Crippen MR) is 171 cm³/mol. The molecule has 0 atom stereocenters. The van der Waals surface area contributed by atoms with Gasteiger partial charge in [0.15, 0.2) is 5.69 Å². The summed E-state index contributed by atoms with van der Waals surface area (Å²) in [7, 11) is 0. The Kier molecular flexibility index (Phi) is 13.4. The van der Waals surface area contributed by atoms with Gasteiger partial charge < -0.3 is 30.3 Å². The summed E-state index contributed by atoms with van der Waals surface area (Å²) in [4.78, 5) is 39.2. The molecule has 3 aliphatic heterocycles. The van der Waals surface area contributed by atoms with E-state index in [1.165, 1.54) is 38.5 Å². The Balaban J connectivity index is 0.000000199. The maximum Gasteiger partial charge on any atom is 0.410 e. The van der Waals surface area contributed by atoms with Crippen molar-refractivity contribution in [2.45, 2.75) is 36.6 Å². The number of benzene rings is 2. The van der Waals surface area contributed by atoms with Crippen molar-refractivity contribution >= 4 is 23.8 Å². The molecule has 0 aliphatic carbocycles. The maximum absolute atomic E-state index is 11.9. The van der Waals surface area contributed by atoms with E-state index >= 15 is 0 Å². The first-order valence-corrected chi connectivity index (χ1v) is 16.1. The Hall–Kier alpha value is -4.21. The number of alkyl halides is 3. The number of aromatic nitrogens is 1. The Morgan fingerprint density at radius 1 is 1.02 bits per heavy atom. The van der Waals surface area contributed by atoms with Crippen LogP contribution in [0.4, 0.5) is 18.0 Å². The van der Waals surface area contributed by atoms with E-state index < -0.39 is 36.8 Å². The van der Waals surface area contributed by atoms with E-state index in [0.717, 1.165) is 32.2 Å². The first-order valence-electron chi connectivity index (χ1n) is 15.1. The fourth-order valence-electron chi connectivity index (χ4n) is 4.65. The summed E-state index contributed by atoms with van der Waals surface area (Å²) in [5, 5.41) is 5.14. The number of hydrogen-bond acceptors (Lipinski definition) is 9. The van der Waals surface area contributed by atoms with Crippen molar-refractivity contribution in [1.82, 2.24) is 20.2 Å². The SMILES string of the molecule is CCC(F)(F)F.O=C(NCCN1CCOCC1)OCOc1c2n(ccc1=O)NCNC2=O.c1ccc2c(c1)CSc1ccccc1C2. The number of thioether (sulfide) groups is 1. The highest BCUT2D eigenvalue weighted by molar-refractivity contribution is 7.98. The number of alkyl carbamates (subject to hydrolysis) is 1. The van der Waals surface area contributed by atoms with Crippen LogP contribution in [0.2, 0.25) is 0 Å². The average Bonchev–Trinajstić information content (AvgIpc) is 3.26. The van der Waals surface area contributed by atoms with E-state index in [1.54, 1.807) is 0 Å². The molecule has 4 heterocycles. The van der Waals surface area contributed by atoms with Crippen molar-refractivity contribution in [3.8, 4) is 5.75 Å². The van der Waals surface area contributed by atoms with E-state index in [9.17, 15) is 27.6 Å². The normalized spacial score (nSPS) is 15.3. The molecule has 254 valence electrons. The second-order valence-corrected chi connectivity index (χ2v) is 11.5. The van der Waals surface area contributed by atoms with E-state index in [-0.39, 0.29) is 18.1 Å². The Labute approximate surface area is 274 Å². The van der Waals surface area contributed by atoms with Gasteiger partial charge in [-0.15, -0.1) is 11.8 Å². The van der Waals surface area contributed by atoms with Crippen LogP contribution in [0.25, 0.3) is 0 Å². The number of ether oxygens (including phenoxy) is 3. The number of carbonyl (C=O) groups is 2. The van der Waals surface area contributed by atoms with Crippen molar-refractivity contribution < 1.29 is 37.0 Å². The van der Waals surface area contributed by atoms with E-state index in [4.69, 9.17) is 14.2 Å². The van der Waals surface area contributed by atoms with Crippen LogP contribution < -0.4 is 26.2 Å². The number of nitrogens with one attached hydrogen (secondary N) is 3. The van der Waals surface area contributed by atoms with Crippen LogP contribution in [-0.2, 0) is 21.6 Å². The van der Waals surface area contributed by atoms with Gasteiger partial charge in [0.1, 0.15) is 6.67 Å². The molecular weight excluding hydrogens is 639 g/mol. The largest absolute Gasteiger partial charge is 0.451 e. The minimum absolute atomic E-state index is 0.0278. The second-order valence-electron chi connectivity index (χ2n) is 10.5. The molecule has 3 N–H and O–H groups in total. The third-order valence-electron chi connectivity index (χ3n) is 7.22. The summed E-state index contributed by atoms with van der Waals surface area (Å²) in [6, 6.07) is 18.7. The quantitative estimate of drug-likeness (QED) is 0.328. The van der Waals surface area contributed by atoms with Crippen LogP contribution in [0.5, 0.6) is 5.75 Å². The molecule has 0 spiro atoms. The smallest absolute Gasteiger partial charge is 0.410 e. The lowest BCUT2D eigenvalue weighted by molar-refractivity contribution is -0.130. The highest BCUT2D eigenvalue weighted by atomic mass is 32.2. The van der Waals surface area contributed by atoms with Crippen LogP contribution in [0, 0.1) is 0 Å². The van der Waals surface area contributed by atoms with E-state index in [1.807, 2.05) is 11.8 Å². The maximum atomic E-state index is 11.9. The van der Waals surface area contributed by atoms with E-state index in [0.29, 0.717) is 26.3 Å². The van der Waals surface area contributed by atoms with Crippen LogP contribution in [0.1, 0.15) is 40.5 Å². The molecule has 3 aromatic rings. The minimum Gasteiger partial charge on any atom is -0.451 e. The number of nitrogens with zero attached hydrogens (tertiary/aromatic N) is 2. The average molecular weight is 678 g/mol. The van der Waals surface area contributed by atoms with Crippen molar-refractivity contribution in [2.75, 3.05) is 58.3 Å². The first-order chi connectivity index (χ1) is 22.6. The van der Waals surface area contributed by atoms with Gasteiger partial charge in [-0.3, -0.25) is 19.2 Å². The molecule has 0 unspecified atom stereocenters. The molecule has 11 nitrogen and oxygen atoms in total. The van der Waals surface area contributed by atoms with Crippen LogP contribution in [0.3, 0.4) is 0 Å². The zero-order valence-electron chi connectivity index (χ0n) is 25.9. The van der Waals surface area contributed by atoms with Gasteiger partial charge in [0.25, 0.3) is 5.91 Å². The van der Waals surface area contributed by atoms with Crippen molar-refractivity contribution in [3.63, 3.8) is 0 Å². The monoisotopic (exact) mass is 677 g/mol. The first kappa shape index (κ1) is 35.6. The number of carbonyl (C=O) groups excluding carboxylic acids is 2. The Bertz CT molecular complexity index is 1500. The zero-order valence-corrected chi connectivity index (χ0v) is 26.8. The van der Waals surface area contributed by atoms with Gasteiger partial charge in [0, 0.05) is 55.5 Å². The number of halogens is 3. The summed E-state index contributed by atoms with van der Waals surface area (Å²) >= 11 is 1.95. The molecular formula is C32H38F3N5O6S. The molecule has 6 rings (SSSR count). The predicted octanol–water partition coefficient (Wildman–Crippen LogP) is 4.33. The molecule has 3 aliphatic rings. The molecule has 0 saturated carbocycles. The van der Waals surface area contributed by atoms with Gasteiger partial charge in [-0.25, -0.2) is 4.79 Å². The molecule has 2 amide bonds. The number of hydrogen-bond donors (Lipinski definition) is 3. The summed E-state index contributed by atoms with van der Waals surface area (Å²) in [5.74, 6) is 0.470. The van der Waals surface area contributed by atoms with Gasteiger partial charge in [-0.05, 0) is 29.2 Å². The Morgan fingerprint density at radius 2 is 1.70 bits per heavy atom. The summed E-state index contributed by atoms with van der Waals surface area (Å²) in [6.07, 6.45) is -2.83. The molecule has 47 heavy (non-hydrogen) atoms.